The van der Waals surface area contributed by atoms with Crippen molar-refractivity contribution < 1.29 is 14.3 Å². The maximum Gasteiger partial charge on any atom is 0.411 e. The van der Waals surface area contributed by atoms with Crippen LogP contribution in [0.4, 0.5) is 4.79 Å². The number of carbonyl (C=O) groups is 2. The molecule has 6 heteroatoms. The third kappa shape index (κ3) is 2.90. The lowest BCUT2D eigenvalue weighted by Gasteiger charge is -2.32. The van der Waals surface area contributed by atoms with Gasteiger partial charge in [-0.2, -0.15) is 0 Å². The number of para-hydroxylation sites is 1. The summed E-state index contributed by atoms with van der Waals surface area (Å²) in [4.78, 5) is 29.3. The maximum absolute atomic E-state index is 12.6. The Kier molecular flexibility index (Phi) is 4.08. The van der Waals surface area contributed by atoms with Gasteiger partial charge in [0, 0.05) is 23.0 Å². The number of benzene rings is 2. The zero-order valence-corrected chi connectivity index (χ0v) is 14.1. The van der Waals surface area contributed by atoms with Gasteiger partial charge in [-0.1, -0.05) is 48.5 Å². The molecule has 6 nitrogen and oxygen atoms in total. The van der Waals surface area contributed by atoms with Gasteiger partial charge in [0.2, 0.25) is 5.91 Å². The van der Waals surface area contributed by atoms with E-state index in [1.54, 1.807) is 0 Å². The SMILES string of the molecule is NC(=O)C1Cc2c([nH]c3ccccc23)CN1C(=O)OCc1ccccc1. The van der Waals surface area contributed by atoms with Gasteiger partial charge in [-0.25, -0.2) is 4.79 Å². The molecule has 3 N–H and O–H groups in total. The number of rotatable bonds is 3. The van der Waals surface area contributed by atoms with Gasteiger partial charge in [-0.05, 0) is 17.2 Å². The summed E-state index contributed by atoms with van der Waals surface area (Å²) in [5.74, 6) is -0.530. The molecule has 0 saturated heterocycles. The van der Waals surface area contributed by atoms with Crippen LogP contribution in [0.5, 0.6) is 0 Å². The minimum absolute atomic E-state index is 0.154. The Morgan fingerprint density at radius 1 is 1.12 bits per heavy atom. The van der Waals surface area contributed by atoms with Crippen molar-refractivity contribution in [2.45, 2.75) is 25.6 Å². The Bertz CT molecular complexity index is 965. The molecule has 132 valence electrons. The first-order chi connectivity index (χ1) is 12.6. The van der Waals surface area contributed by atoms with Crippen molar-refractivity contribution in [3.8, 4) is 0 Å². The summed E-state index contributed by atoms with van der Waals surface area (Å²) in [7, 11) is 0. The van der Waals surface area contributed by atoms with Crippen LogP contribution in [0.3, 0.4) is 0 Å². The molecule has 1 aliphatic heterocycles. The molecule has 1 aromatic heterocycles. The van der Waals surface area contributed by atoms with E-state index in [4.69, 9.17) is 10.5 Å². The summed E-state index contributed by atoms with van der Waals surface area (Å²) in [6.45, 7) is 0.423. The van der Waals surface area contributed by atoms with Crippen LogP contribution in [0, 0.1) is 0 Å². The highest BCUT2D eigenvalue weighted by Gasteiger charge is 2.36. The van der Waals surface area contributed by atoms with Crippen molar-refractivity contribution in [2.75, 3.05) is 0 Å². The summed E-state index contributed by atoms with van der Waals surface area (Å²) < 4.78 is 5.40. The molecular weight excluding hydrogens is 330 g/mol. The Morgan fingerprint density at radius 3 is 2.62 bits per heavy atom. The van der Waals surface area contributed by atoms with Crippen LogP contribution >= 0.6 is 0 Å². The average Bonchev–Trinajstić information content (AvgIpc) is 3.03. The molecule has 0 radical (unpaired) electrons. The molecule has 2 heterocycles. The van der Waals surface area contributed by atoms with Crippen molar-refractivity contribution in [1.82, 2.24) is 9.88 Å². The highest BCUT2D eigenvalue weighted by molar-refractivity contribution is 5.89. The topological polar surface area (TPSA) is 88.4 Å². The number of carbonyl (C=O) groups excluding carboxylic acids is 2. The maximum atomic E-state index is 12.6. The predicted molar refractivity (Wildman–Crippen MR) is 97.2 cm³/mol. The Hall–Kier alpha value is -3.28. The lowest BCUT2D eigenvalue weighted by atomic mass is 9.96. The molecule has 0 bridgehead atoms. The summed E-state index contributed by atoms with van der Waals surface area (Å²) in [5, 5.41) is 1.06. The van der Waals surface area contributed by atoms with E-state index in [9.17, 15) is 9.59 Å². The zero-order valence-electron chi connectivity index (χ0n) is 14.1. The molecule has 1 unspecified atom stereocenters. The van der Waals surface area contributed by atoms with Crippen molar-refractivity contribution in [3.63, 3.8) is 0 Å². The van der Waals surface area contributed by atoms with Crippen LogP contribution in [0.2, 0.25) is 0 Å². The van der Waals surface area contributed by atoms with E-state index >= 15 is 0 Å². The van der Waals surface area contributed by atoms with Gasteiger partial charge < -0.3 is 15.5 Å². The number of aromatic amines is 1. The van der Waals surface area contributed by atoms with Crippen molar-refractivity contribution in [3.05, 3.63) is 71.4 Å². The number of fused-ring (bicyclic) bond motifs is 3. The monoisotopic (exact) mass is 349 g/mol. The second kappa shape index (κ2) is 6.55. The van der Waals surface area contributed by atoms with Crippen LogP contribution in [-0.2, 0) is 29.1 Å². The average molecular weight is 349 g/mol. The van der Waals surface area contributed by atoms with E-state index in [1.807, 2.05) is 54.6 Å². The zero-order chi connectivity index (χ0) is 18.1. The van der Waals surface area contributed by atoms with Crippen molar-refractivity contribution in [1.29, 1.82) is 0 Å². The van der Waals surface area contributed by atoms with Crippen molar-refractivity contribution in [2.24, 2.45) is 5.73 Å². The fraction of sp³-hybridized carbons (Fsp3) is 0.200. The summed E-state index contributed by atoms with van der Waals surface area (Å²) in [6.07, 6.45) is -0.156. The number of hydrogen-bond acceptors (Lipinski definition) is 3. The number of nitrogens with two attached hydrogens (primary N) is 1. The van der Waals surface area contributed by atoms with E-state index in [1.165, 1.54) is 4.90 Å². The molecular formula is C20H19N3O3. The number of nitrogens with one attached hydrogen (secondary N) is 1. The molecule has 1 atom stereocenters. The van der Waals surface area contributed by atoms with Gasteiger partial charge in [0.15, 0.2) is 0 Å². The normalized spacial score (nSPS) is 16.3. The molecule has 0 spiro atoms. The highest BCUT2D eigenvalue weighted by Crippen LogP contribution is 2.30. The van der Waals surface area contributed by atoms with Crippen LogP contribution in [-0.4, -0.2) is 27.9 Å². The fourth-order valence-corrected chi connectivity index (χ4v) is 3.46. The van der Waals surface area contributed by atoms with Gasteiger partial charge in [0.25, 0.3) is 0 Å². The third-order valence-electron chi connectivity index (χ3n) is 4.77. The van der Waals surface area contributed by atoms with Gasteiger partial charge in [-0.15, -0.1) is 0 Å². The molecule has 0 saturated carbocycles. The number of H-pyrrole nitrogens is 1. The molecule has 26 heavy (non-hydrogen) atoms. The number of amides is 2. The first kappa shape index (κ1) is 16.2. The summed E-state index contributed by atoms with van der Waals surface area (Å²) in [6, 6.07) is 16.6. The molecule has 1 aliphatic rings. The lowest BCUT2D eigenvalue weighted by molar-refractivity contribution is -0.123. The summed E-state index contributed by atoms with van der Waals surface area (Å²) in [5.41, 5.74) is 9.40. The lowest BCUT2D eigenvalue weighted by Crippen LogP contribution is -2.51. The molecule has 0 aliphatic carbocycles. The second-order valence-electron chi connectivity index (χ2n) is 6.42. The minimum Gasteiger partial charge on any atom is -0.445 e. The quantitative estimate of drug-likeness (QED) is 0.762. The second-order valence-corrected chi connectivity index (χ2v) is 6.42. The first-order valence-electron chi connectivity index (χ1n) is 8.48. The van der Waals surface area contributed by atoms with Crippen molar-refractivity contribution >= 4 is 22.9 Å². The van der Waals surface area contributed by atoms with Gasteiger partial charge in [0.1, 0.15) is 12.6 Å². The minimum atomic E-state index is -0.718. The van der Waals surface area contributed by atoms with Crippen LogP contribution < -0.4 is 5.73 Å². The van der Waals surface area contributed by atoms with E-state index < -0.39 is 18.0 Å². The Labute approximate surface area is 150 Å². The fourth-order valence-electron chi connectivity index (χ4n) is 3.46. The third-order valence-corrected chi connectivity index (χ3v) is 4.77. The number of aromatic nitrogens is 1. The van der Waals surface area contributed by atoms with Gasteiger partial charge in [-0.3, -0.25) is 9.69 Å². The molecule has 3 aromatic rings. The highest BCUT2D eigenvalue weighted by atomic mass is 16.6. The molecule has 0 fully saturated rings. The van der Waals surface area contributed by atoms with Crippen LogP contribution in [0.15, 0.2) is 54.6 Å². The largest absolute Gasteiger partial charge is 0.445 e. The van der Waals surface area contributed by atoms with E-state index in [0.29, 0.717) is 6.42 Å². The van der Waals surface area contributed by atoms with Gasteiger partial charge in [0.05, 0.1) is 6.54 Å². The van der Waals surface area contributed by atoms with E-state index in [0.717, 1.165) is 27.7 Å². The first-order valence-corrected chi connectivity index (χ1v) is 8.48. The van der Waals surface area contributed by atoms with Crippen LogP contribution in [0.25, 0.3) is 10.9 Å². The Balaban J connectivity index is 1.58. The number of nitrogens with zero attached hydrogens (tertiary/aromatic N) is 1. The van der Waals surface area contributed by atoms with Crippen LogP contribution in [0.1, 0.15) is 16.8 Å². The summed E-state index contributed by atoms with van der Waals surface area (Å²) >= 11 is 0. The predicted octanol–water partition coefficient (Wildman–Crippen LogP) is 2.72. The molecule has 4 rings (SSSR count). The van der Waals surface area contributed by atoms with E-state index in [-0.39, 0.29) is 13.2 Å². The molecule has 2 aromatic carbocycles. The Morgan fingerprint density at radius 2 is 1.85 bits per heavy atom. The number of primary amides is 1. The standard InChI is InChI=1S/C20H19N3O3/c21-19(24)18-10-15-14-8-4-5-9-16(14)22-17(15)11-23(18)20(25)26-12-13-6-2-1-3-7-13/h1-9,18,22H,10-12H2,(H2,21,24). The van der Waals surface area contributed by atoms with E-state index in [2.05, 4.69) is 4.98 Å². The van der Waals surface area contributed by atoms with Gasteiger partial charge >= 0.3 is 6.09 Å². The smallest absolute Gasteiger partial charge is 0.411 e. The number of ether oxygens (including phenoxy) is 1. The molecule has 2 amide bonds. The number of hydrogen-bond donors (Lipinski definition) is 2.